The SMILES string of the molecule is O=C(NC12CC3CC(CC(C3)C1)C2)N1CC(n2cc(C3CC3)nn2)C1. The van der Waals surface area contributed by atoms with Crippen molar-refractivity contribution in [3.05, 3.63) is 11.9 Å². The molecule has 5 saturated carbocycles. The largest absolute Gasteiger partial charge is 0.333 e. The lowest BCUT2D eigenvalue weighted by Crippen LogP contribution is -2.64. The van der Waals surface area contributed by atoms with Gasteiger partial charge in [-0.15, -0.1) is 5.10 Å². The van der Waals surface area contributed by atoms with Crippen molar-refractivity contribution < 1.29 is 4.79 Å². The zero-order valence-corrected chi connectivity index (χ0v) is 14.7. The Morgan fingerprint density at radius 1 is 1.08 bits per heavy atom. The summed E-state index contributed by atoms with van der Waals surface area (Å²) in [6.45, 7) is 1.54. The van der Waals surface area contributed by atoms with Crippen molar-refractivity contribution in [3.63, 3.8) is 0 Å². The fourth-order valence-electron chi connectivity index (χ4n) is 6.39. The number of nitrogens with zero attached hydrogens (tertiary/aromatic N) is 4. The van der Waals surface area contributed by atoms with Crippen LogP contribution in [0.5, 0.6) is 0 Å². The van der Waals surface area contributed by atoms with Crippen molar-refractivity contribution in [1.29, 1.82) is 0 Å². The Hall–Kier alpha value is -1.59. The lowest BCUT2D eigenvalue weighted by atomic mass is 9.53. The van der Waals surface area contributed by atoms with Crippen molar-refractivity contribution >= 4 is 6.03 Å². The normalized spacial score (nSPS) is 39.5. The average Bonchev–Trinajstić information content (AvgIpc) is 3.23. The highest BCUT2D eigenvalue weighted by Crippen LogP contribution is 2.55. The number of carbonyl (C=O) groups is 1. The number of nitrogens with one attached hydrogen (secondary N) is 1. The van der Waals surface area contributed by atoms with Crippen LogP contribution in [0.15, 0.2) is 6.20 Å². The van der Waals surface area contributed by atoms with Gasteiger partial charge in [-0.25, -0.2) is 9.48 Å². The molecule has 6 aliphatic rings. The van der Waals surface area contributed by atoms with E-state index in [9.17, 15) is 4.79 Å². The number of aromatic nitrogens is 3. The maximum Gasteiger partial charge on any atom is 0.317 e. The highest BCUT2D eigenvalue weighted by Gasteiger charge is 2.52. The van der Waals surface area contributed by atoms with Gasteiger partial charge < -0.3 is 10.2 Å². The summed E-state index contributed by atoms with van der Waals surface area (Å²) in [5, 5.41) is 12.0. The van der Waals surface area contributed by atoms with Gasteiger partial charge in [-0.3, -0.25) is 0 Å². The fourth-order valence-corrected chi connectivity index (χ4v) is 6.39. The Balaban J connectivity index is 1.08. The van der Waals surface area contributed by atoms with E-state index < -0.39 is 0 Å². The standard InChI is InChI=1S/C19H27N5O/c25-18(20-19-6-12-3-13(7-19)5-14(4-12)8-19)23-9-16(10-23)24-11-17(21-22-24)15-1-2-15/h11-16H,1-10H2,(H,20,25). The molecule has 1 saturated heterocycles. The van der Waals surface area contributed by atoms with E-state index in [0.29, 0.717) is 12.0 Å². The zero-order valence-electron chi connectivity index (χ0n) is 14.7. The average molecular weight is 341 g/mol. The molecule has 1 aromatic rings. The number of carbonyl (C=O) groups excluding carboxylic acids is 1. The first-order valence-electron chi connectivity index (χ1n) is 10.1. The summed E-state index contributed by atoms with van der Waals surface area (Å²) in [4.78, 5) is 14.7. The van der Waals surface area contributed by atoms with E-state index in [1.807, 2.05) is 9.58 Å². The number of rotatable bonds is 3. The maximum absolute atomic E-state index is 12.8. The number of likely N-dealkylation sites (tertiary alicyclic amines) is 1. The van der Waals surface area contributed by atoms with Crippen molar-refractivity contribution in [1.82, 2.24) is 25.2 Å². The monoisotopic (exact) mass is 341 g/mol. The van der Waals surface area contributed by atoms with Crippen LogP contribution in [-0.2, 0) is 0 Å². The topological polar surface area (TPSA) is 63.1 Å². The molecular weight excluding hydrogens is 314 g/mol. The van der Waals surface area contributed by atoms with E-state index in [1.165, 1.54) is 51.4 Å². The summed E-state index contributed by atoms with van der Waals surface area (Å²) in [5.74, 6) is 3.24. The summed E-state index contributed by atoms with van der Waals surface area (Å²) in [7, 11) is 0. The second-order valence-corrected chi connectivity index (χ2v) is 9.58. The lowest BCUT2D eigenvalue weighted by molar-refractivity contribution is -0.0180. The van der Waals surface area contributed by atoms with Crippen molar-refractivity contribution in [3.8, 4) is 0 Å². The van der Waals surface area contributed by atoms with Gasteiger partial charge in [-0.05, 0) is 69.1 Å². The summed E-state index contributed by atoms with van der Waals surface area (Å²) in [6.07, 6.45) is 12.5. The van der Waals surface area contributed by atoms with Gasteiger partial charge in [-0.1, -0.05) is 5.21 Å². The third-order valence-corrected chi connectivity index (χ3v) is 7.46. The highest BCUT2D eigenvalue weighted by atomic mass is 16.2. The summed E-state index contributed by atoms with van der Waals surface area (Å²) < 4.78 is 1.97. The van der Waals surface area contributed by atoms with E-state index in [4.69, 9.17) is 0 Å². The predicted molar refractivity (Wildman–Crippen MR) is 92.0 cm³/mol. The Labute approximate surface area is 148 Å². The van der Waals surface area contributed by atoms with Crippen molar-refractivity contribution in [2.24, 2.45) is 17.8 Å². The molecule has 134 valence electrons. The Kier molecular flexibility index (Phi) is 2.90. The molecule has 2 amide bonds. The van der Waals surface area contributed by atoms with Crippen molar-refractivity contribution in [2.75, 3.05) is 13.1 Å². The Morgan fingerprint density at radius 3 is 2.32 bits per heavy atom. The molecule has 25 heavy (non-hydrogen) atoms. The van der Waals surface area contributed by atoms with Gasteiger partial charge in [0.1, 0.15) is 0 Å². The highest BCUT2D eigenvalue weighted by molar-refractivity contribution is 5.76. The third-order valence-electron chi connectivity index (χ3n) is 7.46. The minimum atomic E-state index is 0.114. The molecule has 5 aliphatic carbocycles. The maximum atomic E-state index is 12.8. The first-order chi connectivity index (χ1) is 12.2. The number of hydrogen-bond acceptors (Lipinski definition) is 3. The lowest BCUT2D eigenvalue weighted by Gasteiger charge is -2.57. The summed E-state index contributed by atoms with van der Waals surface area (Å²) >= 11 is 0. The minimum absolute atomic E-state index is 0.114. The molecular formula is C19H27N5O. The van der Waals surface area contributed by atoms with Crippen LogP contribution in [0.3, 0.4) is 0 Å². The quantitative estimate of drug-likeness (QED) is 0.919. The molecule has 4 bridgehead atoms. The van der Waals surface area contributed by atoms with Gasteiger partial charge in [0.15, 0.2) is 0 Å². The fraction of sp³-hybridized carbons (Fsp3) is 0.842. The molecule has 0 unspecified atom stereocenters. The smallest absolute Gasteiger partial charge is 0.317 e. The first-order valence-corrected chi connectivity index (χ1v) is 10.1. The molecule has 0 atom stereocenters. The van der Waals surface area contributed by atoms with Gasteiger partial charge in [0, 0.05) is 30.7 Å². The van der Waals surface area contributed by atoms with E-state index in [0.717, 1.165) is 36.5 Å². The second-order valence-electron chi connectivity index (χ2n) is 9.58. The number of urea groups is 1. The Morgan fingerprint density at radius 2 is 1.72 bits per heavy atom. The number of amides is 2. The van der Waals surface area contributed by atoms with Crippen LogP contribution in [-0.4, -0.2) is 44.6 Å². The van der Waals surface area contributed by atoms with E-state index >= 15 is 0 Å². The third kappa shape index (κ3) is 2.40. The van der Waals surface area contributed by atoms with Crippen LogP contribution in [0.2, 0.25) is 0 Å². The van der Waals surface area contributed by atoms with Crippen LogP contribution < -0.4 is 5.32 Å². The van der Waals surface area contributed by atoms with Gasteiger partial charge in [-0.2, -0.15) is 0 Å². The molecule has 7 rings (SSSR count). The molecule has 0 spiro atoms. The predicted octanol–water partition coefficient (Wildman–Crippen LogP) is 2.69. The number of hydrogen-bond donors (Lipinski definition) is 1. The first kappa shape index (κ1) is 14.6. The molecule has 1 aromatic heterocycles. The Bertz CT molecular complexity index is 667. The molecule has 1 aliphatic heterocycles. The summed E-state index contributed by atoms with van der Waals surface area (Å²) in [5.41, 5.74) is 1.25. The minimum Gasteiger partial charge on any atom is -0.333 e. The second kappa shape index (κ2) is 4.98. The molecule has 6 fully saturated rings. The molecule has 0 aromatic carbocycles. The van der Waals surface area contributed by atoms with Crippen LogP contribution >= 0.6 is 0 Å². The van der Waals surface area contributed by atoms with E-state index in [-0.39, 0.29) is 11.6 Å². The molecule has 0 radical (unpaired) electrons. The van der Waals surface area contributed by atoms with Gasteiger partial charge in [0.05, 0.1) is 11.7 Å². The van der Waals surface area contributed by atoms with Crippen molar-refractivity contribution in [2.45, 2.75) is 68.9 Å². The van der Waals surface area contributed by atoms with Gasteiger partial charge in [0.25, 0.3) is 0 Å². The summed E-state index contributed by atoms with van der Waals surface area (Å²) in [6, 6.07) is 0.461. The van der Waals surface area contributed by atoms with Crippen LogP contribution in [0, 0.1) is 17.8 Å². The van der Waals surface area contributed by atoms with Gasteiger partial charge >= 0.3 is 6.03 Å². The van der Waals surface area contributed by atoms with E-state index in [1.54, 1.807) is 0 Å². The molecule has 6 nitrogen and oxygen atoms in total. The van der Waals surface area contributed by atoms with Crippen LogP contribution in [0.25, 0.3) is 0 Å². The molecule has 2 heterocycles. The molecule has 1 N–H and O–H groups in total. The van der Waals surface area contributed by atoms with Crippen LogP contribution in [0.4, 0.5) is 4.79 Å². The van der Waals surface area contributed by atoms with Crippen LogP contribution in [0.1, 0.15) is 69.0 Å². The zero-order chi connectivity index (χ0) is 16.6. The van der Waals surface area contributed by atoms with Gasteiger partial charge in [0.2, 0.25) is 0 Å². The van der Waals surface area contributed by atoms with E-state index in [2.05, 4.69) is 21.8 Å². The molecule has 6 heteroatoms.